The van der Waals surface area contributed by atoms with Gasteiger partial charge in [0.25, 0.3) is 5.91 Å². The lowest BCUT2D eigenvalue weighted by Crippen LogP contribution is -2.38. The van der Waals surface area contributed by atoms with Crippen molar-refractivity contribution in [3.05, 3.63) is 81.6 Å². The minimum Gasteiger partial charge on any atom is -0.325 e. The van der Waals surface area contributed by atoms with Crippen molar-refractivity contribution < 1.29 is 14.4 Å². The molecule has 0 radical (unpaired) electrons. The summed E-state index contributed by atoms with van der Waals surface area (Å²) in [6.07, 6.45) is 1.62. The minimum absolute atomic E-state index is 0.140. The molecule has 3 aromatic rings. The SMILES string of the molecule is O=C(CN1C(=O)NC(=Cc2cc(-c3ccccc3)cs2)C1=O)Nc1ccc(Cl)cc1. The Hall–Kier alpha value is -3.42. The van der Waals surface area contributed by atoms with Crippen LogP contribution in [0.25, 0.3) is 17.2 Å². The third kappa shape index (κ3) is 4.42. The van der Waals surface area contributed by atoms with Crippen LogP contribution in [0.3, 0.4) is 0 Å². The second-order valence-electron chi connectivity index (χ2n) is 6.54. The van der Waals surface area contributed by atoms with E-state index >= 15 is 0 Å². The van der Waals surface area contributed by atoms with E-state index in [0.29, 0.717) is 10.7 Å². The summed E-state index contributed by atoms with van der Waals surface area (Å²) in [6.45, 7) is -0.385. The molecular weight excluding hydrogens is 422 g/mol. The Bertz CT molecular complexity index is 1140. The maximum atomic E-state index is 12.6. The summed E-state index contributed by atoms with van der Waals surface area (Å²) in [6, 6.07) is 17.7. The van der Waals surface area contributed by atoms with Gasteiger partial charge in [-0.3, -0.25) is 9.59 Å². The molecule has 2 heterocycles. The lowest BCUT2D eigenvalue weighted by Gasteiger charge is -2.11. The molecule has 150 valence electrons. The van der Waals surface area contributed by atoms with Gasteiger partial charge in [0.2, 0.25) is 5.91 Å². The van der Waals surface area contributed by atoms with Crippen molar-refractivity contribution in [3.63, 3.8) is 0 Å². The van der Waals surface area contributed by atoms with Gasteiger partial charge in [-0.1, -0.05) is 41.9 Å². The van der Waals surface area contributed by atoms with Crippen molar-refractivity contribution >= 4 is 52.5 Å². The van der Waals surface area contributed by atoms with E-state index in [1.165, 1.54) is 11.3 Å². The van der Waals surface area contributed by atoms with E-state index in [1.807, 2.05) is 41.8 Å². The Morgan fingerprint density at radius 2 is 1.80 bits per heavy atom. The predicted molar refractivity (Wildman–Crippen MR) is 118 cm³/mol. The van der Waals surface area contributed by atoms with Crippen LogP contribution in [0.15, 0.2) is 71.7 Å². The van der Waals surface area contributed by atoms with Crippen molar-refractivity contribution in [2.75, 3.05) is 11.9 Å². The fraction of sp³-hybridized carbons (Fsp3) is 0.0455. The first-order chi connectivity index (χ1) is 14.5. The Morgan fingerprint density at radius 3 is 2.53 bits per heavy atom. The number of rotatable bonds is 5. The van der Waals surface area contributed by atoms with Gasteiger partial charge < -0.3 is 10.6 Å². The highest BCUT2D eigenvalue weighted by Gasteiger charge is 2.35. The molecule has 4 amide bonds. The minimum atomic E-state index is -0.627. The average molecular weight is 438 g/mol. The predicted octanol–water partition coefficient (Wildman–Crippen LogP) is 4.60. The third-order valence-electron chi connectivity index (χ3n) is 4.41. The fourth-order valence-electron chi connectivity index (χ4n) is 2.95. The average Bonchev–Trinajstić information content (AvgIpc) is 3.31. The Kier molecular flexibility index (Phi) is 5.65. The molecule has 1 saturated heterocycles. The number of nitrogens with one attached hydrogen (secondary N) is 2. The number of anilines is 1. The molecular formula is C22H16ClN3O3S. The van der Waals surface area contributed by atoms with E-state index < -0.39 is 17.8 Å². The smallest absolute Gasteiger partial charge is 0.325 e. The number of hydrogen-bond acceptors (Lipinski definition) is 4. The molecule has 0 atom stereocenters. The van der Waals surface area contributed by atoms with Crippen LogP contribution in [0.1, 0.15) is 4.88 Å². The lowest BCUT2D eigenvalue weighted by molar-refractivity contribution is -0.127. The Morgan fingerprint density at radius 1 is 1.07 bits per heavy atom. The van der Waals surface area contributed by atoms with E-state index in [0.717, 1.165) is 20.9 Å². The molecule has 8 heteroatoms. The zero-order valence-electron chi connectivity index (χ0n) is 15.6. The molecule has 0 bridgehead atoms. The van der Waals surface area contributed by atoms with Gasteiger partial charge in [-0.2, -0.15) is 0 Å². The summed E-state index contributed by atoms with van der Waals surface area (Å²) in [7, 11) is 0. The first-order valence-corrected chi connectivity index (χ1v) is 10.3. The first kappa shape index (κ1) is 19.9. The molecule has 2 N–H and O–H groups in total. The van der Waals surface area contributed by atoms with Crippen molar-refractivity contribution in [2.24, 2.45) is 0 Å². The third-order valence-corrected chi connectivity index (χ3v) is 5.54. The van der Waals surface area contributed by atoms with Crippen LogP contribution in [0.2, 0.25) is 5.02 Å². The summed E-state index contributed by atoms with van der Waals surface area (Å²) >= 11 is 7.28. The van der Waals surface area contributed by atoms with Crippen LogP contribution in [0, 0.1) is 0 Å². The molecule has 6 nitrogen and oxygen atoms in total. The molecule has 1 aliphatic rings. The van der Waals surface area contributed by atoms with E-state index in [9.17, 15) is 14.4 Å². The molecule has 0 saturated carbocycles. The van der Waals surface area contributed by atoms with E-state index in [-0.39, 0.29) is 12.2 Å². The van der Waals surface area contributed by atoms with E-state index in [4.69, 9.17) is 11.6 Å². The molecule has 0 spiro atoms. The van der Waals surface area contributed by atoms with Crippen molar-refractivity contribution in [1.82, 2.24) is 10.2 Å². The summed E-state index contributed by atoms with van der Waals surface area (Å²) in [5, 5.41) is 7.70. The second kappa shape index (κ2) is 8.52. The van der Waals surface area contributed by atoms with Crippen molar-refractivity contribution in [2.45, 2.75) is 0 Å². The summed E-state index contributed by atoms with van der Waals surface area (Å²) < 4.78 is 0. The number of thiophene rings is 1. The van der Waals surface area contributed by atoms with Gasteiger partial charge in [-0.05, 0) is 52.9 Å². The highest BCUT2D eigenvalue weighted by Crippen LogP contribution is 2.27. The van der Waals surface area contributed by atoms with Gasteiger partial charge in [0.1, 0.15) is 12.2 Å². The molecule has 30 heavy (non-hydrogen) atoms. The zero-order valence-corrected chi connectivity index (χ0v) is 17.2. The van der Waals surface area contributed by atoms with Crippen LogP contribution in [0.5, 0.6) is 0 Å². The number of carbonyl (C=O) groups is 3. The summed E-state index contributed by atoms with van der Waals surface area (Å²) in [4.78, 5) is 38.8. The van der Waals surface area contributed by atoms with E-state index in [1.54, 1.807) is 30.3 Å². The highest BCUT2D eigenvalue weighted by molar-refractivity contribution is 7.11. The topological polar surface area (TPSA) is 78.5 Å². The highest BCUT2D eigenvalue weighted by atomic mass is 35.5. The number of amides is 4. The Balaban J connectivity index is 1.44. The standard InChI is InChI=1S/C22H16ClN3O3S/c23-16-6-8-17(9-7-16)24-20(27)12-26-21(28)19(25-22(26)29)11-18-10-15(13-30-18)14-4-2-1-3-5-14/h1-11,13H,12H2,(H,24,27)(H,25,29). The number of hydrogen-bond donors (Lipinski definition) is 2. The zero-order chi connectivity index (χ0) is 21.1. The first-order valence-electron chi connectivity index (χ1n) is 9.03. The van der Waals surface area contributed by atoms with Crippen LogP contribution in [-0.4, -0.2) is 29.3 Å². The number of nitrogens with zero attached hydrogens (tertiary/aromatic N) is 1. The van der Waals surface area contributed by atoms with Gasteiger partial charge >= 0.3 is 6.03 Å². The number of carbonyl (C=O) groups excluding carboxylic acids is 3. The summed E-state index contributed by atoms with van der Waals surface area (Å²) in [5.41, 5.74) is 2.77. The molecule has 4 rings (SSSR count). The quantitative estimate of drug-likeness (QED) is 0.452. The van der Waals surface area contributed by atoms with Crippen LogP contribution in [0.4, 0.5) is 10.5 Å². The van der Waals surface area contributed by atoms with Crippen molar-refractivity contribution in [3.8, 4) is 11.1 Å². The van der Waals surface area contributed by atoms with Gasteiger partial charge in [0, 0.05) is 15.6 Å². The van der Waals surface area contributed by atoms with Gasteiger partial charge in [0.15, 0.2) is 0 Å². The number of imide groups is 1. The largest absolute Gasteiger partial charge is 0.329 e. The molecule has 1 fully saturated rings. The van der Waals surface area contributed by atoms with Gasteiger partial charge in [-0.25, -0.2) is 9.69 Å². The molecule has 0 aliphatic carbocycles. The van der Waals surface area contributed by atoms with E-state index in [2.05, 4.69) is 10.6 Å². The number of urea groups is 1. The van der Waals surface area contributed by atoms with Gasteiger partial charge in [0.05, 0.1) is 0 Å². The van der Waals surface area contributed by atoms with Crippen LogP contribution in [-0.2, 0) is 9.59 Å². The molecule has 0 unspecified atom stereocenters. The van der Waals surface area contributed by atoms with Crippen molar-refractivity contribution in [1.29, 1.82) is 0 Å². The molecule has 1 aliphatic heterocycles. The van der Waals surface area contributed by atoms with Crippen LogP contribution < -0.4 is 10.6 Å². The lowest BCUT2D eigenvalue weighted by atomic mass is 10.1. The van der Waals surface area contributed by atoms with Crippen LogP contribution >= 0.6 is 22.9 Å². The summed E-state index contributed by atoms with van der Waals surface area (Å²) in [5.74, 6) is -1.02. The second-order valence-corrected chi connectivity index (χ2v) is 7.92. The normalized spacial score (nSPS) is 14.8. The fourth-order valence-corrected chi connectivity index (χ4v) is 3.92. The maximum Gasteiger partial charge on any atom is 0.329 e. The Labute approximate surface area is 181 Å². The maximum absolute atomic E-state index is 12.6. The monoisotopic (exact) mass is 437 g/mol. The number of benzene rings is 2. The molecule has 2 aromatic carbocycles. The number of halogens is 1. The molecule has 1 aromatic heterocycles. The van der Waals surface area contributed by atoms with Gasteiger partial charge in [-0.15, -0.1) is 11.3 Å².